The zero-order valence-electron chi connectivity index (χ0n) is 14.6. The Hall–Kier alpha value is -2.47. The van der Waals surface area contributed by atoms with Gasteiger partial charge in [0.1, 0.15) is 0 Å². The van der Waals surface area contributed by atoms with Gasteiger partial charge in [0, 0.05) is 41.7 Å². The summed E-state index contributed by atoms with van der Waals surface area (Å²) in [7, 11) is 0. The molecule has 0 saturated carbocycles. The Balaban J connectivity index is 1.69. The molecule has 126 valence electrons. The van der Waals surface area contributed by atoms with E-state index in [4.69, 9.17) is 0 Å². The Morgan fingerprint density at radius 1 is 1.25 bits per heavy atom. The van der Waals surface area contributed by atoms with Crippen LogP contribution in [0.3, 0.4) is 0 Å². The molecule has 24 heavy (non-hydrogen) atoms. The minimum absolute atomic E-state index is 0.206. The topological polar surface area (TPSA) is 71.4 Å². The first-order valence-corrected chi connectivity index (χ1v) is 8.27. The molecule has 0 aromatic carbocycles. The van der Waals surface area contributed by atoms with E-state index in [1.54, 1.807) is 6.20 Å². The van der Waals surface area contributed by atoms with Crippen LogP contribution in [0.1, 0.15) is 42.5 Å². The molecule has 0 spiro atoms. The third-order valence-corrected chi connectivity index (χ3v) is 4.19. The molecule has 0 unspecified atom stereocenters. The molecule has 0 amide bonds. The van der Waals surface area contributed by atoms with Crippen molar-refractivity contribution in [2.24, 2.45) is 0 Å². The third-order valence-electron chi connectivity index (χ3n) is 4.19. The minimum atomic E-state index is 0.206. The van der Waals surface area contributed by atoms with Gasteiger partial charge in [0.25, 0.3) is 0 Å². The summed E-state index contributed by atoms with van der Waals surface area (Å²) in [5.74, 6) is 0.841. The summed E-state index contributed by atoms with van der Waals surface area (Å²) in [4.78, 5) is 4.37. The average molecular weight is 324 g/mol. The second-order valence-electron chi connectivity index (χ2n) is 6.32. The Morgan fingerprint density at radius 2 is 2.08 bits per heavy atom. The van der Waals surface area contributed by atoms with Gasteiger partial charge in [0.05, 0.1) is 11.9 Å². The number of rotatable bonds is 6. The maximum Gasteiger partial charge on any atom is 0.153 e. The second-order valence-corrected chi connectivity index (χ2v) is 6.32. The summed E-state index contributed by atoms with van der Waals surface area (Å²) in [5, 5.41) is 15.4. The van der Waals surface area contributed by atoms with Crippen molar-refractivity contribution in [1.29, 1.82) is 0 Å². The highest BCUT2D eigenvalue weighted by molar-refractivity contribution is 5.29. The number of nitrogens with one attached hydrogen (secondary N) is 2. The van der Waals surface area contributed by atoms with Gasteiger partial charge in [-0.3, -0.25) is 5.10 Å². The van der Waals surface area contributed by atoms with Gasteiger partial charge < -0.3 is 5.32 Å². The fourth-order valence-corrected chi connectivity index (χ4v) is 3.03. The van der Waals surface area contributed by atoms with E-state index in [1.807, 2.05) is 36.0 Å². The van der Waals surface area contributed by atoms with Gasteiger partial charge in [0.2, 0.25) is 0 Å². The van der Waals surface area contributed by atoms with Crippen molar-refractivity contribution in [1.82, 2.24) is 30.3 Å². The smallest absolute Gasteiger partial charge is 0.153 e. The van der Waals surface area contributed by atoms with E-state index in [-0.39, 0.29) is 6.04 Å². The zero-order chi connectivity index (χ0) is 17.1. The van der Waals surface area contributed by atoms with Crippen LogP contribution in [-0.2, 0) is 6.42 Å². The molecule has 0 fully saturated rings. The number of pyridine rings is 1. The van der Waals surface area contributed by atoms with E-state index in [0.717, 1.165) is 29.3 Å². The highest BCUT2D eigenvalue weighted by Gasteiger charge is 2.17. The lowest BCUT2D eigenvalue weighted by molar-refractivity contribution is 0.472. The molecule has 0 radical (unpaired) electrons. The van der Waals surface area contributed by atoms with Crippen LogP contribution >= 0.6 is 0 Å². The maximum absolute atomic E-state index is 4.50. The number of H-pyrrole nitrogens is 1. The highest BCUT2D eigenvalue weighted by atomic mass is 15.3. The Morgan fingerprint density at radius 3 is 2.75 bits per heavy atom. The molecule has 0 aliphatic heterocycles. The van der Waals surface area contributed by atoms with Gasteiger partial charge in [-0.15, -0.1) is 0 Å². The summed E-state index contributed by atoms with van der Waals surface area (Å²) in [6.07, 6.45) is 4.60. The molecule has 0 aliphatic carbocycles. The Labute approximate surface area is 142 Å². The first kappa shape index (κ1) is 16.4. The van der Waals surface area contributed by atoms with Crippen molar-refractivity contribution in [3.63, 3.8) is 0 Å². The Bertz CT molecular complexity index is 789. The molecule has 6 heteroatoms. The van der Waals surface area contributed by atoms with Crippen molar-refractivity contribution in [3.8, 4) is 5.82 Å². The minimum Gasteiger partial charge on any atom is -0.307 e. The number of nitrogens with zero attached hydrogens (tertiary/aromatic N) is 4. The van der Waals surface area contributed by atoms with Gasteiger partial charge in [-0.25, -0.2) is 9.67 Å². The van der Waals surface area contributed by atoms with E-state index >= 15 is 0 Å². The van der Waals surface area contributed by atoms with Crippen LogP contribution < -0.4 is 5.32 Å². The summed E-state index contributed by atoms with van der Waals surface area (Å²) < 4.78 is 1.88. The van der Waals surface area contributed by atoms with E-state index in [0.29, 0.717) is 6.04 Å². The van der Waals surface area contributed by atoms with Crippen molar-refractivity contribution in [3.05, 3.63) is 59.3 Å². The molecule has 3 rings (SSSR count). The van der Waals surface area contributed by atoms with Crippen molar-refractivity contribution < 1.29 is 0 Å². The van der Waals surface area contributed by atoms with Crippen LogP contribution in [0.4, 0.5) is 0 Å². The van der Waals surface area contributed by atoms with Gasteiger partial charge in [-0.1, -0.05) is 6.07 Å². The molecule has 3 aromatic rings. The summed E-state index contributed by atoms with van der Waals surface area (Å²) >= 11 is 0. The number of aromatic nitrogens is 5. The molecule has 3 heterocycles. The van der Waals surface area contributed by atoms with Crippen LogP contribution in [0.15, 0.2) is 36.7 Å². The van der Waals surface area contributed by atoms with Crippen molar-refractivity contribution in [2.45, 2.75) is 46.2 Å². The van der Waals surface area contributed by atoms with E-state index in [1.165, 1.54) is 5.56 Å². The van der Waals surface area contributed by atoms with Crippen LogP contribution in [0.5, 0.6) is 0 Å². The fourth-order valence-electron chi connectivity index (χ4n) is 3.03. The van der Waals surface area contributed by atoms with Gasteiger partial charge in [-0.2, -0.15) is 10.2 Å². The lowest BCUT2D eigenvalue weighted by Gasteiger charge is -2.19. The molecule has 0 saturated heterocycles. The monoisotopic (exact) mass is 324 g/mol. The average Bonchev–Trinajstić information content (AvgIpc) is 3.13. The van der Waals surface area contributed by atoms with Crippen LogP contribution in [0, 0.1) is 13.8 Å². The first-order valence-electron chi connectivity index (χ1n) is 8.27. The summed E-state index contributed by atoms with van der Waals surface area (Å²) in [6.45, 7) is 8.45. The van der Waals surface area contributed by atoms with Crippen molar-refractivity contribution in [2.75, 3.05) is 0 Å². The van der Waals surface area contributed by atoms with E-state index < -0.39 is 0 Å². The van der Waals surface area contributed by atoms with Gasteiger partial charge in [-0.05, 0) is 45.9 Å². The van der Waals surface area contributed by atoms with Crippen LogP contribution in [0.2, 0.25) is 0 Å². The largest absolute Gasteiger partial charge is 0.307 e. The SMILES string of the molecule is Cc1cc(C[C@H](C)N[C@@H](C)c2cnn(-c3ccccn3)c2C)n[nH]1. The lowest BCUT2D eigenvalue weighted by Crippen LogP contribution is -2.31. The first-order chi connectivity index (χ1) is 11.5. The highest BCUT2D eigenvalue weighted by Crippen LogP contribution is 2.20. The standard InChI is InChI=1S/C18H24N6/c1-12(9-16-10-13(2)22-23-16)21-14(3)17-11-20-24(15(17)4)18-7-5-6-8-19-18/h5-8,10-12,14,21H,9H2,1-4H3,(H,22,23)/t12-,14-/m0/s1. The molecule has 0 aliphatic rings. The van der Waals surface area contributed by atoms with Crippen LogP contribution in [-0.4, -0.2) is 31.0 Å². The number of hydrogen-bond donors (Lipinski definition) is 2. The molecule has 2 atom stereocenters. The number of aromatic amines is 1. The predicted octanol–water partition coefficient (Wildman–Crippen LogP) is 2.89. The van der Waals surface area contributed by atoms with Crippen LogP contribution in [0.25, 0.3) is 5.82 Å². The van der Waals surface area contributed by atoms with E-state index in [9.17, 15) is 0 Å². The Kier molecular flexibility index (Phi) is 4.76. The van der Waals surface area contributed by atoms with Gasteiger partial charge >= 0.3 is 0 Å². The molecular formula is C18H24N6. The van der Waals surface area contributed by atoms with E-state index in [2.05, 4.69) is 52.4 Å². The summed E-state index contributed by atoms with van der Waals surface area (Å²) in [5.41, 5.74) is 4.47. The molecule has 0 bridgehead atoms. The van der Waals surface area contributed by atoms with Crippen molar-refractivity contribution >= 4 is 0 Å². The number of aryl methyl sites for hydroxylation is 1. The molecule has 6 nitrogen and oxygen atoms in total. The normalized spacial score (nSPS) is 13.8. The molecular weight excluding hydrogens is 300 g/mol. The third kappa shape index (κ3) is 3.54. The molecule has 2 N–H and O–H groups in total. The quantitative estimate of drug-likeness (QED) is 0.731. The predicted molar refractivity (Wildman–Crippen MR) is 94.1 cm³/mol. The zero-order valence-corrected chi connectivity index (χ0v) is 14.6. The summed E-state index contributed by atoms with van der Waals surface area (Å²) in [6, 6.07) is 8.46. The lowest BCUT2D eigenvalue weighted by atomic mass is 10.1. The molecule has 3 aromatic heterocycles. The van der Waals surface area contributed by atoms with Gasteiger partial charge in [0.15, 0.2) is 5.82 Å². The second kappa shape index (κ2) is 6.97. The fraction of sp³-hybridized carbons (Fsp3) is 0.389. The maximum atomic E-state index is 4.50. The number of hydrogen-bond acceptors (Lipinski definition) is 4.